The lowest BCUT2D eigenvalue weighted by Gasteiger charge is -2.36. The molecule has 1 aliphatic heterocycles. The van der Waals surface area contributed by atoms with Crippen molar-refractivity contribution in [2.24, 2.45) is 0 Å². The molecule has 2 aliphatic rings. The van der Waals surface area contributed by atoms with Crippen molar-refractivity contribution in [3.05, 3.63) is 59.3 Å². The van der Waals surface area contributed by atoms with E-state index in [0.29, 0.717) is 24.9 Å². The second-order valence-electron chi connectivity index (χ2n) is 8.29. The number of halogens is 1. The molecule has 1 spiro atoms. The molecule has 154 valence electrons. The fraction of sp³-hybridized carbons (Fsp3) is 0.375. The zero-order valence-electron chi connectivity index (χ0n) is 17.0. The van der Waals surface area contributed by atoms with Gasteiger partial charge < -0.3 is 19.8 Å². The highest BCUT2D eigenvalue weighted by atomic mass is 19.1. The van der Waals surface area contributed by atoms with Crippen molar-refractivity contribution in [1.29, 1.82) is 0 Å². The number of fused-ring (bicyclic) bond motifs is 1. The first-order valence-electron chi connectivity index (χ1n) is 10.4. The molecule has 1 saturated heterocycles. The molecule has 0 amide bonds. The van der Waals surface area contributed by atoms with E-state index in [1.807, 2.05) is 13.0 Å². The lowest BCUT2D eigenvalue weighted by atomic mass is 9.90. The third-order valence-electron chi connectivity index (χ3n) is 6.50. The molecule has 0 radical (unpaired) electrons. The number of nitrogen functional groups attached to an aromatic ring is 1. The van der Waals surface area contributed by atoms with Gasteiger partial charge in [0.15, 0.2) is 11.5 Å². The zero-order valence-corrected chi connectivity index (χ0v) is 17.0. The highest BCUT2D eigenvalue weighted by Gasteiger charge is 2.40. The maximum atomic E-state index is 13.7. The number of hydrogen-bond acceptors (Lipinski definition) is 3. The quantitative estimate of drug-likeness (QED) is 0.436. The van der Waals surface area contributed by atoms with E-state index in [4.69, 9.17) is 21.8 Å². The number of rotatable bonds is 2. The molecule has 2 fully saturated rings. The minimum atomic E-state index is -0.422. The Morgan fingerprint density at radius 1 is 1.17 bits per heavy atom. The van der Waals surface area contributed by atoms with Gasteiger partial charge in [-0.2, -0.15) is 0 Å². The van der Waals surface area contributed by atoms with E-state index in [1.165, 1.54) is 6.07 Å². The summed E-state index contributed by atoms with van der Waals surface area (Å²) in [5, 5.41) is 0.992. The Balaban J connectivity index is 1.61. The van der Waals surface area contributed by atoms with Crippen molar-refractivity contribution in [2.45, 2.75) is 44.4 Å². The molecular weight excluding hydrogens is 381 g/mol. The first kappa shape index (κ1) is 19.1. The summed E-state index contributed by atoms with van der Waals surface area (Å²) < 4.78 is 27.8. The lowest BCUT2D eigenvalue weighted by molar-refractivity contribution is -0.181. The minimum Gasteiger partial charge on any atom is -0.396 e. The molecule has 2 heterocycles. The molecule has 1 aliphatic carbocycles. The first-order chi connectivity index (χ1) is 14.5. The molecule has 2 N–H and O–H groups in total. The first-order valence-corrected chi connectivity index (χ1v) is 10.4. The number of ether oxygens (including phenoxy) is 2. The molecule has 5 rings (SSSR count). The molecule has 0 atom stereocenters. The zero-order chi connectivity index (χ0) is 20.9. The Bertz CT molecular complexity index is 1160. The maximum absolute atomic E-state index is 13.7. The number of nitrogens with zero attached hydrogens (tertiary/aromatic N) is 2. The summed E-state index contributed by atoms with van der Waals surface area (Å²) in [6.07, 6.45) is 5.78. The summed E-state index contributed by atoms with van der Waals surface area (Å²) in [4.78, 5) is 3.68. The number of benzene rings is 2. The number of hydrogen-bond donors (Lipinski definition) is 1. The van der Waals surface area contributed by atoms with E-state index in [9.17, 15) is 4.39 Å². The standard InChI is InChI=1S/C24H24FN3O2/c1-15-11-23-18(13-22(15)27-2)19(16-3-4-20(25)21(26)12-16)14-28(23)17-5-7-24(8-6-17)29-9-10-30-24/h3-4,11-14,17H,5-10,26H2,1H3. The molecule has 0 unspecified atom stereocenters. The molecule has 6 heteroatoms. The average Bonchev–Trinajstić information content (AvgIpc) is 3.35. The van der Waals surface area contributed by atoms with Crippen LogP contribution in [-0.4, -0.2) is 23.6 Å². The lowest BCUT2D eigenvalue weighted by Crippen LogP contribution is -2.35. The van der Waals surface area contributed by atoms with Crippen molar-refractivity contribution in [2.75, 3.05) is 18.9 Å². The van der Waals surface area contributed by atoms with Crippen LogP contribution in [0.15, 0.2) is 36.5 Å². The summed E-state index contributed by atoms with van der Waals surface area (Å²) in [5.74, 6) is -0.824. The van der Waals surface area contributed by atoms with Crippen molar-refractivity contribution < 1.29 is 13.9 Å². The van der Waals surface area contributed by atoms with Crippen molar-refractivity contribution in [3.63, 3.8) is 0 Å². The molecule has 3 aromatic rings. The highest BCUT2D eigenvalue weighted by Crippen LogP contribution is 2.44. The van der Waals surface area contributed by atoms with Gasteiger partial charge in [0.2, 0.25) is 0 Å². The Morgan fingerprint density at radius 3 is 2.57 bits per heavy atom. The number of anilines is 1. The van der Waals surface area contributed by atoms with Gasteiger partial charge in [-0.1, -0.05) is 6.07 Å². The molecule has 30 heavy (non-hydrogen) atoms. The van der Waals surface area contributed by atoms with Gasteiger partial charge in [0.1, 0.15) is 5.82 Å². The Kier molecular flexibility index (Phi) is 4.53. The largest absolute Gasteiger partial charge is 0.396 e. The number of nitrogens with two attached hydrogens (primary N) is 1. The van der Waals surface area contributed by atoms with Crippen LogP contribution < -0.4 is 5.73 Å². The topological polar surface area (TPSA) is 53.8 Å². The van der Waals surface area contributed by atoms with Gasteiger partial charge in [-0.05, 0) is 60.5 Å². The summed E-state index contributed by atoms with van der Waals surface area (Å²) in [6.45, 7) is 10.8. The van der Waals surface area contributed by atoms with Crippen LogP contribution >= 0.6 is 0 Å². The predicted octanol–water partition coefficient (Wildman–Crippen LogP) is 5.75. The Labute approximate surface area is 175 Å². The van der Waals surface area contributed by atoms with Crippen LogP contribution in [-0.2, 0) is 9.47 Å². The summed E-state index contributed by atoms with van der Waals surface area (Å²) >= 11 is 0. The van der Waals surface area contributed by atoms with E-state index in [2.05, 4.69) is 21.7 Å². The van der Waals surface area contributed by atoms with E-state index >= 15 is 0 Å². The predicted molar refractivity (Wildman–Crippen MR) is 115 cm³/mol. The van der Waals surface area contributed by atoms with Crippen LogP contribution in [0.2, 0.25) is 0 Å². The van der Waals surface area contributed by atoms with E-state index in [1.54, 1.807) is 12.1 Å². The highest BCUT2D eigenvalue weighted by molar-refractivity contribution is 5.99. The molecule has 1 saturated carbocycles. The second-order valence-corrected chi connectivity index (χ2v) is 8.29. The van der Waals surface area contributed by atoms with Crippen LogP contribution in [0, 0.1) is 19.3 Å². The minimum absolute atomic E-state index is 0.126. The smallest absolute Gasteiger partial charge is 0.190 e. The fourth-order valence-corrected chi connectivity index (χ4v) is 4.86. The number of aryl methyl sites for hydroxylation is 1. The van der Waals surface area contributed by atoms with Crippen LogP contribution in [0.25, 0.3) is 26.9 Å². The van der Waals surface area contributed by atoms with Crippen LogP contribution in [0.1, 0.15) is 37.3 Å². The summed E-state index contributed by atoms with van der Waals surface area (Å²) in [5.41, 5.74) is 10.5. The molecule has 5 nitrogen and oxygen atoms in total. The third kappa shape index (κ3) is 3.06. The number of aromatic nitrogens is 1. The van der Waals surface area contributed by atoms with Gasteiger partial charge in [-0.15, -0.1) is 0 Å². The Morgan fingerprint density at radius 2 is 1.90 bits per heavy atom. The van der Waals surface area contributed by atoms with Gasteiger partial charge in [0.05, 0.1) is 25.5 Å². The molecule has 0 bridgehead atoms. The molecule has 2 aromatic carbocycles. The van der Waals surface area contributed by atoms with Crippen molar-refractivity contribution >= 4 is 22.3 Å². The van der Waals surface area contributed by atoms with E-state index in [-0.39, 0.29) is 5.69 Å². The van der Waals surface area contributed by atoms with E-state index in [0.717, 1.165) is 53.3 Å². The third-order valence-corrected chi connectivity index (χ3v) is 6.50. The van der Waals surface area contributed by atoms with Gasteiger partial charge in [-0.25, -0.2) is 9.24 Å². The van der Waals surface area contributed by atoms with Crippen molar-refractivity contribution in [3.8, 4) is 11.1 Å². The maximum Gasteiger partial charge on any atom is 0.190 e. The second kappa shape index (κ2) is 7.12. The van der Waals surface area contributed by atoms with Crippen LogP contribution in [0.3, 0.4) is 0 Å². The molecular formula is C24H24FN3O2. The average molecular weight is 405 g/mol. The fourth-order valence-electron chi connectivity index (χ4n) is 4.86. The normalized spacial score (nSPS) is 18.8. The van der Waals surface area contributed by atoms with Gasteiger partial charge >= 0.3 is 0 Å². The van der Waals surface area contributed by atoms with Crippen LogP contribution in [0.4, 0.5) is 15.8 Å². The SMILES string of the molecule is [C-]#[N+]c1cc2c(-c3ccc(F)c(N)c3)cn(C3CCC4(CC3)OCCO4)c2cc1C. The van der Waals surface area contributed by atoms with Crippen LogP contribution in [0.5, 0.6) is 0 Å². The van der Waals surface area contributed by atoms with Gasteiger partial charge in [-0.3, -0.25) is 0 Å². The Hall–Kier alpha value is -2.88. The van der Waals surface area contributed by atoms with Gasteiger partial charge in [0, 0.05) is 36.2 Å². The summed E-state index contributed by atoms with van der Waals surface area (Å²) in [7, 11) is 0. The molecule has 1 aromatic heterocycles. The monoisotopic (exact) mass is 405 g/mol. The van der Waals surface area contributed by atoms with Crippen molar-refractivity contribution in [1.82, 2.24) is 4.57 Å². The summed E-state index contributed by atoms with van der Waals surface area (Å²) in [6, 6.07) is 9.16. The van der Waals surface area contributed by atoms with Gasteiger partial charge in [0.25, 0.3) is 0 Å². The van der Waals surface area contributed by atoms with E-state index < -0.39 is 11.6 Å².